The predicted molar refractivity (Wildman–Crippen MR) is 87.8 cm³/mol. The van der Waals surface area contributed by atoms with E-state index >= 15 is 0 Å². The van der Waals surface area contributed by atoms with E-state index in [9.17, 15) is 0 Å². The molecule has 0 heterocycles. The Hall–Kier alpha value is -1.44. The molecule has 1 aromatic carbocycles. The summed E-state index contributed by atoms with van der Waals surface area (Å²) in [6, 6.07) is 2.21. The Balaban J connectivity index is 2.07. The molecule has 2 aliphatic rings. The summed E-state index contributed by atoms with van der Waals surface area (Å²) in [6.07, 6.45) is 12.2. The van der Waals surface area contributed by atoms with Crippen LogP contribution < -0.4 is 11.5 Å². The highest BCUT2D eigenvalue weighted by Gasteiger charge is 2.27. The molecule has 2 saturated carbocycles. The molecule has 0 aliphatic heterocycles. The Kier molecular flexibility index (Phi) is 3.73. The average molecular weight is 270 g/mol. The van der Waals surface area contributed by atoms with E-state index in [-0.39, 0.29) is 0 Å². The molecular formula is C18H26N2. The summed E-state index contributed by atoms with van der Waals surface area (Å²) >= 11 is 0. The van der Waals surface area contributed by atoms with E-state index in [2.05, 4.69) is 12.6 Å². The van der Waals surface area contributed by atoms with Crippen molar-refractivity contribution in [2.24, 2.45) is 0 Å². The lowest BCUT2D eigenvalue weighted by Crippen LogP contribution is -2.09. The highest BCUT2D eigenvalue weighted by atomic mass is 14.6. The van der Waals surface area contributed by atoms with Crippen LogP contribution in [0.2, 0.25) is 0 Å². The fraction of sp³-hybridized carbons (Fsp3) is 0.556. The van der Waals surface area contributed by atoms with E-state index in [1.807, 2.05) is 6.08 Å². The normalized spacial score (nSPS) is 20.6. The van der Waals surface area contributed by atoms with Gasteiger partial charge >= 0.3 is 0 Å². The number of hydrogen-bond donors (Lipinski definition) is 2. The maximum Gasteiger partial charge on any atom is 0.0446 e. The molecule has 2 aliphatic carbocycles. The summed E-state index contributed by atoms with van der Waals surface area (Å²) in [5.41, 5.74) is 18.4. The van der Waals surface area contributed by atoms with Gasteiger partial charge in [0.25, 0.3) is 0 Å². The van der Waals surface area contributed by atoms with Crippen LogP contribution in [0.25, 0.3) is 6.08 Å². The molecule has 2 nitrogen and oxygen atoms in total. The van der Waals surface area contributed by atoms with E-state index in [4.69, 9.17) is 11.5 Å². The van der Waals surface area contributed by atoms with Gasteiger partial charge in [0, 0.05) is 22.5 Å². The molecule has 2 heteroatoms. The SMILES string of the molecule is C=Cc1c(C2CCCC2)cc(N)c(C2CCCC2)c1N. The highest BCUT2D eigenvalue weighted by Crippen LogP contribution is 2.45. The zero-order valence-corrected chi connectivity index (χ0v) is 12.3. The fourth-order valence-electron chi connectivity index (χ4n) is 4.25. The van der Waals surface area contributed by atoms with Crippen molar-refractivity contribution >= 4 is 17.5 Å². The van der Waals surface area contributed by atoms with Crippen molar-refractivity contribution < 1.29 is 0 Å². The van der Waals surface area contributed by atoms with Gasteiger partial charge in [0.1, 0.15) is 0 Å². The second kappa shape index (κ2) is 5.51. The zero-order chi connectivity index (χ0) is 14.1. The first kappa shape index (κ1) is 13.5. The van der Waals surface area contributed by atoms with Crippen molar-refractivity contribution in [2.75, 3.05) is 11.5 Å². The minimum absolute atomic E-state index is 0.561. The Labute approximate surface area is 122 Å². The molecule has 108 valence electrons. The van der Waals surface area contributed by atoms with E-state index in [0.29, 0.717) is 11.8 Å². The van der Waals surface area contributed by atoms with Crippen molar-refractivity contribution in [3.63, 3.8) is 0 Å². The van der Waals surface area contributed by atoms with Crippen LogP contribution in [0.3, 0.4) is 0 Å². The predicted octanol–water partition coefficient (Wildman–Crippen LogP) is 4.81. The topological polar surface area (TPSA) is 52.0 Å². The third kappa shape index (κ3) is 2.21. The smallest absolute Gasteiger partial charge is 0.0446 e. The van der Waals surface area contributed by atoms with Crippen molar-refractivity contribution in [2.45, 2.75) is 63.2 Å². The van der Waals surface area contributed by atoms with E-state index in [1.165, 1.54) is 62.5 Å². The van der Waals surface area contributed by atoms with Crippen molar-refractivity contribution in [3.05, 3.63) is 29.3 Å². The largest absolute Gasteiger partial charge is 0.398 e. The molecule has 0 radical (unpaired) electrons. The molecule has 0 saturated heterocycles. The molecule has 20 heavy (non-hydrogen) atoms. The number of rotatable bonds is 3. The van der Waals surface area contributed by atoms with Gasteiger partial charge in [0.2, 0.25) is 0 Å². The molecule has 4 N–H and O–H groups in total. The lowest BCUT2D eigenvalue weighted by Gasteiger charge is -2.23. The summed E-state index contributed by atoms with van der Waals surface area (Å²) in [5, 5.41) is 0. The first-order valence-electron chi connectivity index (χ1n) is 8.06. The van der Waals surface area contributed by atoms with Crippen molar-refractivity contribution in [3.8, 4) is 0 Å². The summed E-state index contributed by atoms with van der Waals surface area (Å²) in [5.74, 6) is 1.19. The molecule has 3 rings (SSSR count). The highest BCUT2D eigenvalue weighted by molar-refractivity contribution is 5.77. The Morgan fingerprint density at radius 1 is 0.950 bits per heavy atom. The van der Waals surface area contributed by atoms with Crippen molar-refractivity contribution in [1.29, 1.82) is 0 Å². The molecule has 2 fully saturated rings. The van der Waals surface area contributed by atoms with Gasteiger partial charge in [-0.3, -0.25) is 0 Å². The lowest BCUT2D eigenvalue weighted by molar-refractivity contribution is 0.711. The maximum atomic E-state index is 6.49. The molecule has 0 bridgehead atoms. The molecule has 0 atom stereocenters. The molecule has 1 aromatic rings. The first-order valence-corrected chi connectivity index (χ1v) is 8.06. The first-order chi connectivity index (χ1) is 9.72. The minimum atomic E-state index is 0.561. The monoisotopic (exact) mass is 270 g/mol. The van der Waals surface area contributed by atoms with Crippen molar-refractivity contribution in [1.82, 2.24) is 0 Å². The van der Waals surface area contributed by atoms with Gasteiger partial charge in [-0.1, -0.05) is 38.3 Å². The lowest BCUT2D eigenvalue weighted by atomic mass is 9.85. The molecule has 0 spiro atoms. The van der Waals surface area contributed by atoms with Gasteiger partial charge in [-0.05, 0) is 49.1 Å². The van der Waals surface area contributed by atoms with Crippen LogP contribution in [0.4, 0.5) is 11.4 Å². The number of nitrogens with two attached hydrogens (primary N) is 2. The van der Waals surface area contributed by atoms with Gasteiger partial charge in [-0.25, -0.2) is 0 Å². The van der Waals surface area contributed by atoms with Gasteiger partial charge in [0.15, 0.2) is 0 Å². The van der Waals surface area contributed by atoms with Gasteiger partial charge in [0.05, 0.1) is 0 Å². The number of nitrogen functional groups attached to an aromatic ring is 2. The quantitative estimate of drug-likeness (QED) is 0.774. The zero-order valence-electron chi connectivity index (χ0n) is 12.3. The van der Waals surface area contributed by atoms with Crippen LogP contribution >= 0.6 is 0 Å². The Morgan fingerprint density at radius 3 is 2.05 bits per heavy atom. The second-order valence-corrected chi connectivity index (χ2v) is 6.46. The van der Waals surface area contributed by atoms with Crippen LogP contribution in [0.15, 0.2) is 12.6 Å². The van der Waals surface area contributed by atoms with E-state index < -0.39 is 0 Å². The summed E-state index contributed by atoms with van der Waals surface area (Å²) in [4.78, 5) is 0. The fourth-order valence-corrected chi connectivity index (χ4v) is 4.25. The molecule has 0 unspecified atom stereocenters. The van der Waals surface area contributed by atoms with Gasteiger partial charge in [-0.2, -0.15) is 0 Å². The third-order valence-corrected chi connectivity index (χ3v) is 5.28. The van der Waals surface area contributed by atoms with Gasteiger partial charge in [-0.15, -0.1) is 0 Å². The minimum Gasteiger partial charge on any atom is -0.398 e. The van der Waals surface area contributed by atoms with E-state index in [0.717, 1.165) is 16.9 Å². The number of anilines is 2. The Morgan fingerprint density at radius 2 is 1.50 bits per heavy atom. The molecular weight excluding hydrogens is 244 g/mol. The van der Waals surface area contributed by atoms with Crippen LogP contribution in [-0.4, -0.2) is 0 Å². The Bertz CT molecular complexity index is 507. The molecule has 0 amide bonds. The van der Waals surface area contributed by atoms with Crippen LogP contribution in [-0.2, 0) is 0 Å². The van der Waals surface area contributed by atoms with Crippen LogP contribution in [0.1, 0.15) is 79.9 Å². The van der Waals surface area contributed by atoms with E-state index in [1.54, 1.807) is 0 Å². The number of benzene rings is 1. The number of hydrogen-bond acceptors (Lipinski definition) is 2. The second-order valence-electron chi connectivity index (χ2n) is 6.46. The summed E-state index contributed by atoms with van der Waals surface area (Å²) < 4.78 is 0. The van der Waals surface area contributed by atoms with Gasteiger partial charge < -0.3 is 11.5 Å². The standard InChI is InChI=1S/C18H26N2/c1-2-14-15(12-7-3-4-8-12)11-16(19)17(18(14)20)13-9-5-6-10-13/h2,11-13H,1,3-10,19-20H2. The maximum absolute atomic E-state index is 6.49. The third-order valence-electron chi connectivity index (χ3n) is 5.28. The summed E-state index contributed by atoms with van der Waals surface area (Å²) in [6.45, 7) is 4.00. The molecule has 0 aromatic heterocycles. The van der Waals surface area contributed by atoms with Crippen LogP contribution in [0.5, 0.6) is 0 Å². The average Bonchev–Trinajstić information content (AvgIpc) is 3.11. The van der Waals surface area contributed by atoms with Crippen LogP contribution in [0, 0.1) is 0 Å². The summed E-state index contributed by atoms with van der Waals surface area (Å²) in [7, 11) is 0.